The molecule has 5 aromatic rings. The number of aryl methyl sites for hydroxylation is 4. The number of fused-ring (bicyclic) bond motifs is 2. The molecular formula is C28H27N2+. The third-order valence-electron chi connectivity index (χ3n) is 6.33. The number of aromatic nitrogens is 2. The lowest BCUT2D eigenvalue weighted by Gasteiger charge is -2.17. The standard InChI is InChI=1S/C28H27N2/c1-18-16-19(2)27(30-20(3)14-15-22-10-7-9-13-25(22)30)21(4)26(18)28-24-12-8-6-11-23(24)17-29(28)5/h6-17H,1-5H3/q+1. The number of nitrogens with zero attached hydrogens (tertiary/aromatic N) is 2. The lowest BCUT2D eigenvalue weighted by atomic mass is 9.92. The molecule has 0 radical (unpaired) electrons. The maximum Gasteiger partial charge on any atom is 0.218 e. The Labute approximate surface area is 178 Å². The van der Waals surface area contributed by atoms with Crippen molar-refractivity contribution in [3.63, 3.8) is 0 Å². The molecular weight excluding hydrogens is 364 g/mol. The summed E-state index contributed by atoms with van der Waals surface area (Å²) in [6.07, 6.45) is 2.24. The lowest BCUT2D eigenvalue weighted by Crippen LogP contribution is -2.37. The van der Waals surface area contributed by atoms with Gasteiger partial charge in [0.1, 0.15) is 0 Å². The molecule has 0 aliphatic carbocycles. The van der Waals surface area contributed by atoms with Gasteiger partial charge in [0.2, 0.25) is 11.2 Å². The van der Waals surface area contributed by atoms with Crippen molar-refractivity contribution < 1.29 is 4.57 Å². The van der Waals surface area contributed by atoms with Crippen LogP contribution >= 0.6 is 0 Å². The third kappa shape index (κ3) is 2.68. The highest BCUT2D eigenvalue weighted by Gasteiger charge is 2.25. The summed E-state index contributed by atoms with van der Waals surface area (Å²) in [4.78, 5) is 0. The second kappa shape index (κ2) is 6.84. The fourth-order valence-corrected chi connectivity index (χ4v) is 5.09. The van der Waals surface area contributed by atoms with Crippen molar-refractivity contribution in [2.45, 2.75) is 27.7 Å². The Morgan fingerprint density at radius 3 is 2.23 bits per heavy atom. The van der Waals surface area contributed by atoms with Gasteiger partial charge >= 0.3 is 0 Å². The molecule has 2 nitrogen and oxygen atoms in total. The summed E-state index contributed by atoms with van der Waals surface area (Å²) in [6, 6.07) is 24.1. The molecule has 0 unspecified atom stereocenters. The van der Waals surface area contributed by atoms with E-state index in [0.29, 0.717) is 0 Å². The van der Waals surface area contributed by atoms with Crippen molar-refractivity contribution in [1.82, 2.24) is 4.57 Å². The second-order valence-electron chi connectivity index (χ2n) is 8.40. The molecule has 0 saturated carbocycles. The van der Waals surface area contributed by atoms with E-state index in [0.717, 1.165) is 0 Å². The largest absolute Gasteiger partial charge is 0.349 e. The monoisotopic (exact) mass is 391 g/mol. The number of pyridine rings is 1. The molecule has 0 spiro atoms. The van der Waals surface area contributed by atoms with Crippen molar-refractivity contribution >= 4 is 21.7 Å². The molecule has 0 N–H and O–H groups in total. The molecule has 30 heavy (non-hydrogen) atoms. The van der Waals surface area contributed by atoms with Gasteiger partial charge in [-0.2, -0.15) is 4.57 Å². The summed E-state index contributed by atoms with van der Waals surface area (Å²) in [7, 11) is 2.16. The van der Waals surface area contributed by atoms with Gasteiger partial charge in [-0.1, -0.05) is 36.4 Å². The van der Waals surface area contributed by atoms with Crippen molar-refractivity contribution in [1.29, 1.82) is 0 Å². The summed E-state index contributed by atoms with van der Waals surface area (Å²) < 4.78 is 4.70. The van der Waals surface area contributed by atoms with E-state index < -0.39 is 0 Å². The number of hydrogen-bond donors (Lipinski definition) is 0. The van der Waals surface area contributed by atoms with Crippen LogP contribution in [0.5, 0.6) is 0 Å². The first-order valence-electron chi connectivity index (χ1n) is 10.5. The van der Waals surface area contributed by atoms with Crippen LogP contribution in [0.2, 0.25) is 0 Å². The van der Waals surface area contributed by atoms with Gasteiger partial charge in [-0.05, 0) is 49.9 Å². The van der Waals surface area contributed by atoms with E-state index in [4.69, 9.17) is 0 Å². The molecule has 5 rings (SSSR count). The van der Waals surface area contributed by atoms with E-state index in [2.05, 4.69) is 117 Å². The Hall–Kier alpha value is -3.39. The van der Waals surface area contributed by atoms with E-state index in [1.807, 2.05) is 0 Å². The van der Waals surface area contributed by atoms with Crippen LogP contribution < -0.4 is 4.57 Å². The van der Waals surface area contributed by atoms with Gasteiger partial charge < -0.3 is 4.57 Å². The van der Waals surface area contributed by atoms with Crippen LogP contribution in [-0.4, -0.2) is 4.57 Å². The van der Waals surface area contributed by atoms with E-state index in [1.165, 1.54) is 61.0 Å². The van der Waals surface area contributed by atoms with Gasteiger partial charge in [-0.15, -0.1) is 0 Å². The minimum absolute atomic E-state index is 1.24. The van der Waals surface area contributed by atoms with Gasteiger partial charge in [0.25, 0.3) is 0 Å². The Kier molecular flexibility index (Phi) is 4.25. The molecule has 0 amide bonds. The summed E-state index contributed by atoms with van der Waals surface area (Å²) in [6.45, 7) is 8.95. The van der Waals surface area contributed by atoms with Crippen molar-refractivity contribution in [3.05, 3.63) is 95.3 Å². The number of benzene rings is 3. The Balaban J connectivity index is 1.90. The van der Waals surface area contributed by atoms with Gasteiger partial charge in [0.05, 0.1) is 5.69 Å². The maximum absolute atomic E-state index is 2.42. The van der Waals surface area contributed by atoms with Crippen molar-refractivity contribution in [2.24, 2.45) is 7.05 Å². The molecule has 148 valence electrons. The summed E-state index contributed by atoms with van der Waals surface area (Å²) in [5.74, 6) is 0. The van der Waals surface area contributed by atoms with E-state index in [9.17, 15) is 0 Å². The fourth-order valence-electron chi connectivity index (χ4n) is 5.09. The highest BCUT2D eigenvalue weighted by molar-refractivity contribution is 5.98. The van der Waals surface area contributed by atoms with Gasteiger partial charge in [0.15, 0.2) is 5.69 Å². The Morgan fingerprint density at radius 1 is 0.733 bits per heavy atom. The zero-order chi connectivity index (χ0) is 21.0. The zero-order valence-electron chi connectivity index (χ0n) is 18.3. The molecule has 3 aromatic carbocycles. The molecule has 0 aliphatic heterocycles. The maximum atomic E-state index is 2.42. The number of rotatable bonds is 2. The van der Waals surface area contributed by atoms with Crippen LogP contribution in [0.1, 0.15) is 22.4 Å². The number of para-hydroxylation sites is 1. The molecule has 0 atom stereocenters. The van der Waals surface area contributed by atoms with Crippen LogP contribution in [0.3, 0.4) is 0 Å². The summed E-state index contributed by atoms with van der Waals surface area (Å²) in [5.41, 5.74) is 10.3. The van der Waals surface area contributed by atoms with E-state index in [1.54, 1.807) is 0 Å². The SMILES string of the molecule is Cc1cc(C)c(-[n+]2c(C)ccc3ccccc32)c(C)c1-c1c2ccccc2cn1C. The predicted octanol–water partition coefficient (Wildman–Crippen LogP) is 6.51. The average molecular weight is 392 g/mol. The van der Waals surface area contributed by atoms with Gasteiger partial charge in [-0.3, -0.25) is 0 Å². The predicted molar refractivity (Wildman–Crippen MR) is 126 cm³/mol. The van der Waals surface area contributed by atoms with Crippen LogP contribution in [0.4, 0.5) is 0 Å². The van der Waals surface area contributed by atoms with E-state index in [-0.39, 0.29) is 0 Å². The number of hydrogen-bond acceptors (Lipinski definition) is 0. The second-order valence-corrected chi connectivity index (χ2v) is 8.40. The molecule has 0 saturated heterocycles. The van der Waals surface area contributed by atoms with Crippen molar-refractivity contribution in [2.75, 3.05) is 0 Å². The highest BCUT2D eigenvalue weighted by Crippen LogP contribution is 2.37. The molecule has 0 bridgehead atoms. The summed E-state index contributed by atoms with van der Waals surface area (Å²) >= 11 is 0. The average Bonchev–Trinajstić information content (AvgIpc) is 3.05. The normalized spacial score (nSPS) is 11.5. The molecule has 2 heterocycles. The zero-order valence-corrected chi connectivity index (χ0v) is 18.3. The first-order chi connectivity index (χ1) is 14.5. The first kappa shape index (κ1) is 18.6. The smallest absolute Gasteiger partial charge is 0.218 e. The first-order valence-corrected chi connectivity index (χ1v) is 10.5. The summed E-state index contributed by atoms with van der Waals surface area (Å²) in [5, 5.41) is 3.85. The van der Waals surface area contributed by atoms with Crippen LogP contribution in [0.15, 0.2) is 72.9 Å². The van der Waals surface area contributed by atoms with Crippen LogP contribution in [0.25, 0.3) is 38.6 Å². The minimum atomic E-state index is 1.24. The topological polar surface area (TPSA) is 8.81 Å². The molecule has 0 aliphatic rings. The Bertz CT molecular complexity index is 1440. The van der Waals surface area contributed by atoms with Crippen molar-refractivity contribution in [3.8, 4) is 16.9 Å². The van der Waals surface area contributed by atoms with Gasteiger partial charge in [0, 0.05) is 59.8 Å². The van der Waals surface area contributed by atoms with Crippen LogP contribution in [-0.2, 0) is 7.05 Å². The lowest BCUT2D eigenvalue weighted by molar-refractivity contribution is -0.575. The van der Waals surface area contributed by atoms with E-state index >= 15 is 0 Å². The quantitative estimate of drug-likeness (QED) is 0.303. The third-order valence-corrected chi connectivity index (χ3v) is 6.33. The fraction of sp³-hybridized carbons (Fsp3) is 0.179. The molecule has 0 fully saturated rings. The minimum Gasteiger partial charge on any atom is -0.349 e. The molecule has 2 aromatic heterocycles. The Morgan fingerprint density at radius 2 is 1.43 bits per heavy atom. The van der Waals surface area contributed by atoms with Gasteiger partial charge in [-0.25, -0.2) is 0 Å². The highest BCUT2D eigenvalue weighted by atomic mass is 15.0. The molecule has 2 heteroatoms. The van der Waals surface area contributed by atoms with Crippen LogP contribution in [0, 0.1) is 27.7 Å².